The molecule has 1 aromatic heterocycles. The van der Waals surface area contributed by atoms with E-state index in [0.717, 1.165) is 38.2 Å². The molecule has 2 aromatic rings. The Hall–Kier alpha value is -2.34. The lowest BCUT2D eigenvalue weighted by Gasteiger charge is -2.42. The molecule has 1 amide bonds. The van der Waals surface area contributed by atoms with Crippen molar-refractivity contribution >= 4 is 5.91 Å². The van der Waals surface area contributed by atoms with Crippen LogP contribution in [-0.4, -0.2) is 47.0 Å². The number of hydrogen-bond donors (Lipinski definition) is 0. The van der Waals surface area contributed by atoms with Crippen LogP contribution in [0.3, 0.4) is 0 Å². The van der Waals surface area contributed by atoms with E-state index in [-0.39, 0.29) is 11.9 Å². The number of nitrogens with zero attached hydrogens (tertiary/aromatic N) is 3. The lowest BCUT2D eigenvalue weighted by atomic mass is 9.82. The maximum Gasteiger partial charge on any atom is 0.272 e. The van der Waals surface area contributed by atoms with Crippen LogP contribution in [0.4, 0.5) is 0 Å². The summed E-state index contributed by atoms with van der Waals surface area (Å²) in [6.45, 7) is 2.19. The molecule has 2 aliphatic rings. The van der Waals surface area contributed by atoms with Crippen molar-refractivity contribution in [1.82, 2.24) is 14.7 Å². The van der Waals surface area contributed by atoms with Gasteiger partial charge in [-0.05, 0) is 54.5 Å². The van der Waals surface area contributed by atoms with Gasteiger partial charge in [-0.3, -0.25) is 9.48 Å². The molecule has 1 aromatic carbocycles. The van der Waals surface area contributed by atoms with Gasteiger partial charge in [-0.1, -0.05) is 6.07 Å². The minimum atomic E-state index is 0.0583. The maximum atomic E-state index is 13.3. The Kier molecular flexibility index (Phi) is 4.68. The molecule has 1 saturated heterocycles. The fourth-order valence-corrected chi connectivity index (χ4v) is 4.18. The van der Waals surface area contributed by atoms with Crippen LogP contribution in [0, 0.1) is 5.92 Å². The molecule has 0 saturated carbocycles. The van der Waals surface area contributed by atoms with Gasteiger partial charge in [0.05, 0.1) is 7.11 Å². The van der Waals surface area contributed by atoms with Gasteiger partial charge in [-0.2, -0.15) is 5.10 Å². The predicted molar refractivity (Wildman–Crippen MR) is 97.1 cm³/mol. The van der Waals surface area contributed by atoms with Gasteiger partial charge in [0.25, 0.3) is 5.91 Å². The molecule has 0 unspecified atom stereocenters. The summed E-state index contributed by atoms with van der Waals surface area (Å²) < 4.78 is 12.6. The van der Waals surface area contributed by atoms with Gasteiger partial charge < -0.3 is 14.4 Å². The first-order valence-electron chi connectivity index (χ1n) is 9.20. The highest BCUT2D eigenvalue weighted by atomic mass is 16.5. The van der Waals surface area contributed by atoms with Crippen LogP contribution < -0.4 is 4.74 Å². The zero-order valence-electron chi connectivity index (χ0n) is 15.4. The van der Waals surface area contributed by atoms with Crippen LogP contribution in [-0.2, 0) is 24.8 Å². The lowest BCUT2D eigenvalue weighted by Crippen LogP contribution is -2.49. The molecule has 3 heterocycles. The largest absolute Gasteiger partial charge is 0.497 e. The van der Waals surface area contributed by atoms with E-state index < -0.39 is 0 Å². The second kappa shape index (κ2) is 7.11. The average Bonchev–Trinajstić information content (AvgIpc) is 3.12. The molecule has 0 radical (unpaired) electrons. The predicted octanol–water partition coefficient (Wildman–Crippen LogP) is 2.42. The monoisotopic (exact) mass is 355 g/mol. The zero-order valence-corrected chi connectivity index (χ0v) is 15.4. The zero-order chi connectivity index (χ0) is 18.1. The van der Waals surface area contributed by atoms with Crippen LogP contribution in [0.25, 0.3) is 0 Å². The molecule has 0 spiro atoms. The molecule has 1 fully saturated rings. The molecule has 1 atom stereocenters. The Bertz CT molecular complexity index is 795. The second-order valence-electron chi connectivity index (χ2n) is 7.13. The van der Waals surface area contributed by atoms with Crippen molar-refractivity contribution in [2.75, 3.05) is 20.3 Å². The van der Waals surface area contributed by atoms with Crippen LogP contribution in [0.1, 0.15) is 34.5 Å². The molecular formula is C20H25N3O3. The number of methoxy groups -OCH3 is 1. The van der Waals surface area contributed by atoms with Crippen molar-refractivity contribution in [2.24, 2.45) is 13.0 Å². The summed E-state index contributed by atoms with van der Waals surface area (Å²) >= 11 is 0. The molecule has 0 N–H and O–H groups in total. The van der Waals surface area contributed by atoms with Crippen molar-refractivity contribution in [2.45, 2.75) is 31.8 Å². The van der Waals surface area contributed by atoms with Crippen LogP contribution in [0.5, 0.6) is 5.75 Å². The van der Waals surface area contributed by atoms with Crippen molar-refractivity contribution in [3.8, 4) is 5.75 Å². The summed E-state index contributed by atoms with van der Waals surface area (Å²) in [4.78, 5) is 15.3. The SMILES string of the molecule is COc1ccc2c(c1)C[C@H](C1CCOCC1)N(C(=O)c1ccnn1C)C2. The Morgan fingerprint density at radius 2 is 2.04 bits per heavy atom. The fraction of sp³-hybridized carbons (Fsp3) is 0.500. The van der Waals surface area contributed by atoms with Crippen molar-refractivity contribution in [3.63, 3.8) is 0 Å². The molecule has 4 rings (SSSR count). The standard InChI is InChI=1S/C20H25N3O3/c1-22-18(5-8-21-22)20(24)23-13-15-3-4-17(25-2)11-16(15)12-19(23)14-6-9-26-10-7-14/h3-5,8,11,14,19H,6-7,9-10,12-13H2,1-2H3/t19-/m1/s1. The number of benzene rings is 1. The van der Waals surface area contributed by atoms with E-state index in [4.69, 9.17) is 9.47 Å². The first-order valence-corrected chi connectivity index (χ1v) is 9.20. The second-order valence-corrected chi connectivity index (χ2v) is 7.13. The molecule has 2 aliphatic heterocycles. The molecule has 0 bridgehead atoms. The average molecular weight is 355 g/mol. The maximum absolute atomic E-state index is 13.3. The first-order chi connectivity index (χ1) is 12.7. The normalized spacial score (nSPS) is 20.7. The van der Waals surface area contributed by atoms with E-state index in [1.807, 2.05) is 18.0 Å². The van der Waals surface area contributed by atoms with Gasteiger partial charge in [0.2, 0.25) is 0 Å². The Balaban J connectivity index is 1.68. The van der Waals surface area contributed by atoms with Gasteiger partial charge in [-0.15, -0.1) is 0 Å². The highest BCUT2D eigenvalue weighted by molar-refractivity contribution is 5.93. The van der Waals surface area contributed by atoms with Crippen LogP contribution >= 0.6 is 0 Å². The quantitative estimate of drug-likeness (QED) is 0.848. The van der Waals surface area contributed by atoms with Crippen molar-refractivity contribution in [1.29, 1.82) is 0 Å². The minimum absolute atomic E-state index is 0.0583. The Labute approximate surface area is 153 Å². The summed E-state index contributed by atoms with van der Waals surface area (Å²) in [7, 11) is 3.51. The number of rotatable bonds is 3. The summed E-state index contributed by atoms with van der Waals surface area (Å²) in [5, 5.41) is 4.17. The number of aromatic nitrogens is 2. The van der Waals surface area contributed by atoms with Gasteiger partial charge in [-0.25, -0.2) is 0 Å². The van der Waals surface area contributed by atoms with E-state index in [9.17, 15) is 4.79 Å². The molecule has 6 nitrogen and oxygen atoms in total. The van der Waals surface area contributed by atoms with Gasteiger partial charge in [0.1, 0.15) is 11.4 Å². The molecule has 138 valence electrons. The number of carbonyl (C=O) groups is 1. The smallest absolute Gasteiger partial charge is 0.272 e. The van der Waals surface area contributed by atoms with Crippen molar-refractivity contribution < 1.29 is 14.3 Å². The van der Waals surface area contributed by atoms with Gasteiger partial charge >= 0.3 is 0 Å². The number of amides is 1. The molecular weight excluding hydrogens is 330 g/mol. The summed E-state index contributed by atoms with van der Waals surface area (Å²) in [5.41, 5.74) is 3.12. The lowest BCUT2D eigenvalue weighted by molar-refractivity contribution is 0.0175. The third kappa shape index (κ3) is 3.09. The Morgan fingerprint density at radius 3 is 2.73 bits per heavy atom. The fourth-order valence-electron chi connectivity index (χ4n) is 4.18. The van der Waals surface area contributed by atoms with E-state index in [1.54, 1.807) is 24.1 Å². The summed E-state index contributed by atoms with van der Waals surface area (Å²) in [5.74, 6) is 1.39. The van der Waals surface area contributed by atoms with Crippen molar-refractivity contribution in [3.05, 3.63) is 47.3 Å². The number of fused-ring (bicyclic) bond motifs is 1. The van der Waals surface area contributed by atoms with Crippen LogP contribution in [0.2, 0.25) is 0 Å². The van der Waals surface area contributed by atoms with E-state index in [1.165, 1.54) is 11.1 Å². The van der Waals surface area contributed by atoms with E-state index in [2.05, 4.69) is 17.2 Å². The number of ether oxygens (including phenoxy) is 2. The third-order valence-electron chi connectivity index (χ3n) is 5.69. The van der Waals surface area contributed by atoms with E-state index >= 15 is 0 Å². The molecule has 0 aliphatic carbocycles. The molecule has 6 heteroatoms. The van der Waals surface area contributed by atoms with Crippen LogP contribution in [0.15, 0.2) is 30.5 Å². The number of hydrogen-bond acceptors (Lipinski definition) is 4. The topological polar surface area (TPSA) is 56.6 Å². The van der Waals surface area contributed by atoms with Gasteiger partial charge in [0.15, 0.2) is 0 Å². The number of carbonyl (C=O) groups excluding carboxylic acids is 1. The summed E-state index contributed by atoms with van der Waals surface area (Å²) in [6, 6.07) is 8.15. The summed E-state index contributed by atoms with van der Waals surface area (Å²) in [6.07, 6.45) is 4.54. The molecule has 26 heavy (non-hydrogen) atoms. The Morgan fingerprint density at radius 1 is 1.23 bits per heavy atom. The first kappa shape index (κ1) is 17.1. The highest BCUT2D eigenvalue weighted by Gasteiger charge is 2.37. The van der Waals surface area contributed by atoms with E-state index in [0.29, 0.717) is 18.2 Å². The minimum Gasteiger partial charge on any atom is -0.497 e. The number of aryl methyl sites for hydroxylation is 1. The highest BCUT2D eigenvalue weighted by Crippen LogP contribution is 2.34. The third-order valence-corrected chi connectivity index (χ3v) is 5.69. The van der Waals surface area contributed by atoms with Gasteiger partial charge in [0, 0.05) is 39.0 Å².